The van der Waals surface area contributed by atoms with Gasteiger partial charge in [0.1, 0.15) is 24.7 Å². The second-order valence-electron chi connectivity index (χ2n) is 8.22. The lowest BCUT2D eigenvalue weighted by Gasteiger charge is -2.50. The first kappa shape index (κ1) is 24.9. The molecule has 0 bridgehead atoms. The van der Waals surface area contributed by atoms with E-state index >= 15 is 0 Å². The zero-order valence-corrected chi connectivity index (χ0v) is 20.9. The number of nitrogens with one attached hydrogen (secondary N) is 2. The molecule has 1 fully saturated rings. The van der Waals surface area contributed by atoms with Crippen LogP contribution in [0.25, 0.3) is 0 Å². The predicted molar refractivity (Wildman–Crippen MR) is 128 cm³/mol. The van der Waals surface area contributed by atoms with Crippen molar-refractivity contribution in [1.82, 2.24) is 24.3 Å². The summed E-state index contributed by atoms with van der Waals surface area (Å²) in [6.45, 7) is 0.692. The van der Waals surface area contributed by atoms with Crippen LogP contribution in [0.3, 0.4) is 0 Å². The fourth-order valence-electron chi connectivity index (χ4n) is 4.30. The molecule has 2 aromatic rings. The van der Waals surface area contributed by atoms with Gasteiger partial charge in [-0.05, 0) is 6.42 Å². The predicted octanol–water partition coefficient (Wildman–Crippen LogP) is -2.18. The van der Waals surface area contributed by atoms with E-state index in [1.807, 2.05) is 21.6 Å². The van der Waals surface area contributed by atoms with Crippen molar-refractivity contribution in [3.05, 3.63) is 29.4 Å². The number of hydrogen-bond donors (Lipinski definition) is 3. The van der Waals surface area contributed by atoms with E-state index in [0.717, 1.165) is 41.8 Å². The highest BCUT2D eigenvalue weighted by atomic mass is 32.2. The fraction of sp³-hybridized carbons (Fsp3) is 0.450. The molecule has 0 aromatic carbocycles. The summed E-state index contributed by atoms with van der Waals surface area (Å²) < 4.78 is 20.3. The van der Waals surface area contributed by atoms with Crippen LogP contribution in [-0.4, -0.2) is 79.4 Å². The molecule has 0 aliphatic carbocycles. The maximum absolute atomic E-state index is 13.0. The second-order valence-corrected chi connectivity index (χ2v) is 10.1. The van der Waals surface area contributed by atoms with Crippen LogP contribution in [0.5, 0.6) is 0 Å². The Morgan fingerprint density at radius 3 is 3.03 bits per heavy atom. The third-order valence-electron chi connectivity index (χ3n) is 5.92. The molecule has 4 N–H and O–H groups in total. The molecule has 3 aliphatic rings. The first-order chi connectivity index (χ1) is 17.9. The summed E-state index contributed by atoms with van der Waals surface area (Å²) in [5.74, 6) is -1.81. The summed E-state index contributed by atoms with van der Waals surface area (Å²) in [6, 6.07) is 0.882. The highest BCUT2D eigenvalue weighted by molar-refractivity contribution is 8.00. The van der Waals surface area contributed by atoms with Gasteiger partial charge in [-0.25, -0.2) is 4.39 Å². The number of thioether (sulfide) groups is 1. The van der Waals surface area contributed by atoms with Gasteiger partial charge in [-0.3, -0.25) is 14.5 Å². The lowest BCUT2D eigenvalue weighted by molar-refractivity contribution is -0.768. The number of aromatic nitrogens is 4. The monoisotopic (exact) mass is 551 g/mol. The van der Waals surface area contributed by atoms with Crippen LogP contribution in [0.15, 0.2) is 28.7 Å². The molecule has 0 spiro atoms. The first-order valence-electron chi connectivity index (χ1n) is 11.3. The van der Waals surface area contributed by atoms with Crippen LogP contribution in [-0.2, 0) is 32.3 Å². The number of hydrogen-bond acceptors (Lipinski definition) is 12. The molecular formula is C20H22FN9O5S2. The lowest BCUT2D eigenvalue weighted by atomic mass is 10.0. The molecule has 1 saturated heterocycles. The number of alkyl halides is 1. The minimum absolute atomic E-state index is 0.0730. The van der Waals surface area contributed by atoms with Gasteiger partial charge in [-0.2, -0.15) is 9.36 Å². The largest absolute Gasteiger partial charge is 0.543 e. The third-order valence-corrected chi connectivity index (χ3v) is 7.80. The minimum Gasteiger partial charge on any atom is -0.543 e. The number of oxime groups is 1. The topological polar surface area (TPSA) is 184 Å². The minimum atomic E-state index is -1.47. The number of rotatable bonds is 9. The molecule has 2 atom stereocenters. The Balaban J connectivity index is 1.34. The number of anilines is 2. The number of carbonyl (C=O) groups is 3. The van der Waals surface area contributed by atoms with E-state index in [4.69, 9.17) is 10.6 Å². The van der Waals surface area contributed by atoms with Crippen molar-refractivity contribution in [3.63, 3.8) is 0 Å². The van der Waals surface area contributed by atoms with E-state index in [1.54, 1.807) is 0 Å². The Kier molecular flexibility index (Phi) is 6.96. The summed E-state index contributed by atoms with van der Waals surface area (Å²) in [6.07, 6.45) is 2.79. The SMILES string of the molecule is Nc1nc(C(=NOCCF)C(=O)N[C@@H]2C(=O)N3C(C(=O)[O-])=C(C[n+]4ccc5n4CCCN5)CS[C@H]23)ns1. The van der Waals surface area contributed by atoms with Crippen molar-refractivity contribution in [2.75, 3.05) is 36.6 Å². The number of β-lactam (4-membered cyclic amide) rings is 1. The van der Waals surface area contributed by atoms with Gasteiger partial charge in [0.15, 0.2) is 23.7 Å². The average molecular weight is 552 g/mol. The van der Waals surface area contributed by atoms with Crippen LogP contribution in [0.1, 0.15) is 12.2 Å². The van der Waals surface area contributed by atoms with Crippen LogP contribution in [0.4, 0.5) is 15.3 Å². The number of nitrogens with two attached hydrogens (primary N) is 1. The molecule has 3 aliphatic heterocycles. The summed E-state index contributed by atoms with van der Waals surface area (Å²) in [7, 11) is 0. The van der Waals surface area contributed by atoms with Crippen molar-refractivity contribution in [1.29, 1.82) is 0 Å². The summed E-state index contributed by atoms with van der Waals surface area (Å²) in [5, 5.41) is 20.9. The van der Waals surface area contributed by atoms with E-state index in [0.29, 0.717) is 11.3 Å². The van der Waals surface area contributed by atoms with E-state index in [1.165, 1.54) is 11.8 Å². The molecule has 2 amide bonds. The van der Waals surface area contributed by atoms with Gasteiger partial charge in [-0.15, -0.1) is 21.1 Å². The number of aliphatic carboxylic acids is 1. The second kappa shape index (κ2) is 10.3. The van der Waals surface area contributed by atoms with Crippen molar-refractivity contribution >= 4 is 57.7 Å². The molecule has 17 heteroatoms. The molecular weight excluding hydrogens is 529 g/mol. The van der Waals surface area contributed by atoms with Gasteiger partial charge < -0.3 is 31.1 Å². The molecule has 14 nitrogen and oxygen atoms in total. The van der Waals surface area contributed by atoms with Gasteiger partial charge in [0.25, 0.3) is 11.8 Å². The smallest absolute Gasteiger partial charge is 0.278 e. The van der Waals surface area contributed by atoms with E-state index in [-0.39, 0.29) is 28.9 Å². The zero-order valence-electron chi connectivity index (χ0n) is 19.3. The number of fused-ring (bicyclic) bond motifs is 2. The molecule has 0 saturated carbocycles. The maximum atomic E-state index is 13.0. The number of carboxylic acid groups (broad SMARTS) is 1. The van der Waals surface area contributed by atoms with Crippen molar-refractivity contribution in [3.8, 4) is 0 Å². The molecule has 2 aromatic heterocycles. The molecule has 0 unspecified atom stereocenters. The maximum Gasteiger partial charge on any atom is 0.278 e. The summed E-state index contributed by atoms with van der Waals surface area (Å²) in [5.41, 5.74) is 5.53. The molecule has 5 rings (SSSR count). The Bertz CT molecular complexity index is 1310. The van der Waals surface area contributed by atoms with E-state index < -0.39 is 42.5 Å². The average Bonchev–Trinajstić information content (AvgIpc) is 3.50. The van der Waals surface area contributed by atoms with Crippen LogP contribution in [0.2, 0.25) is 0 Å². The molecule has 0 radical (unpaired) electrons. The lowest BCUT2D eigenvalue weighted by Crippen LogP contribution is -2.71. The van der Waals surface area contributed by atoms with E-state index in [2.05, 4.69) is 25.1 Å². The summed E-state index contributed by atoms with van der Waals surface area (Å²) in [4.78, 5) is 47.9. The Morgan fingerprint density at radius 2 is 2.30 bits per heavy atom. The van der Waals surface area contributed by atoms with Crippen LogP contribution < -0.4 is 26.2 Å². The first-order valence-corrected chi connectivity index (χ1v) is 13.1. The van der Waals surface area contributed by atoms with Crippen molar-refractivity contribution in [2.24, 2.45) is 5.16 Å². The number of nitrogens with zero attached hydrogens (tertiary/aromatic N) is 6. The number of halogens is 1. The van der Waals surface area contributed by atoms with Crippen molar-refractivity contribution in [2.45, 2.75) is 30.9 Å². The van der Waals surface area contributed by atoms with Gasteiger partial charge in [-0.1, -0.05) is 5.16 Å². The van der Waals surface area contributed by atoms with Crippen LogP contribution >= 0.6 is 23.3 Å². The fourth-order valence-corrected chi connectivity index (χ4v) is 6.07. The van der Waals surface area contributed by atoms with Crippen LogP contribution in [0, 0.1) is 0 Å². The van der Waals surface area contributed by atoms with Crippen molar-refractivity contribution < 1.29 is 33.4 Å². The number of amides is 2. The quantitative estimate of drug-likeness (QED) is 0.102. The standard InChI is InChI=1S/C20H22FN9O5S2/c21-3-7-35-26-12(15-25-20(22)37-27-15)16(31)24-13-17(32)30-14(19(33)34)10(9-36-18(13)30)8-28-6-2-11-23-4-1-5-29(11)28/h2,6,13,18H,1,3-5,7-9H2,(H4,22,24,25,27,31,33,34)/t13-,18-/m1/s1. The van der Waals surface area contributed by atoms with E-state index in [9.17, 15) is 23.9 Å². The number of carboxylic acids is 1. The Morgan fingerprint density at radius 1 is 1.46 bits per heavy atom. The van der Waals surface area contributed by atoms with Gasteiger partial charge in [0, 0.05) is 29.4 Å². The highest BCUT2D eigenvalue weighted by Gasteiger charge is 2.53. The Labute approximate surface area is 217 Å². The Hall–Kier alpha value is -3.73. The van der Waals surface area contributed by atoms with Gasteiger partial charge in [0.2, 0.25) is 11.5 Å². The molecule has 37 heavy (non-hydrogen) atoms. The molecule has 196 valence electrons. The summed E-state index contributed by atoms with van der Waals surface area (Å²) >= 11 is 2.14. The highest BCUT2D eigenvalue weighted by Crippen LogP contribution is 2.40. The third kappa shape index (κ3) is 4.71. The normalized spacial score (nSPS) is 21.1. The number of nitrogen functional groups attached to an aromatic ring is 1. The molecule has 5 heterocycles. The van der Waals surface area contributed by atoms with Gasteiger partial charge >= 0.3 is 0 Å². The number of carbonyl (C=O) groups excluding carboxylic acids is 3. The van der Waals surface area contributed by atoms with Gasteiger partial charge in [0.05, 0.1) is 24.3 Å². The zero-order chi connectivity index (χ0) is 26.1.